The Hall–Kier alpha value is -1.47. The van der Waals surface area contributed by atoms with Crippen LogP contribution in [0.15, 0.2) is 42.5 Å². The second kappa shape index (κ2) is 5.38. The minimum atomic E-state index is 0.589. The maximum absolute atomic E-state index is 6.28. The van der Waals surface area contributed by atoms with E-state index in [4.69, 9.17) is 11.6 Å². The Labute approximate surface area is 131 Å². The van der Waals surface area contributed by atoms with Gasteiger partial charge >= 0.3 is 0 Å². The Balaban J connectivity index is 1.39. The second-order valence-electron chi connectivity index (χ2n) is 6.37. The van der Waals surface area contributed by atoms with Gasteiger partial charge in [-0.2, -0.15) is 0 Å². The zero-order valence-corrected chi connectivity index (χ0v) is 12.9. The van der Waals surface area contributed by atoms with Crippen LogP contribution in [0.2, 0.25) is 5.02 Å². The third-order valence-corrected chi connectivity index (χ3v) is 5.30. The number of nitrogens with one attached hydrogen (secondary N) is 1. The van der Waals surface area contributed by atoms with E-state index in [9.17, 15) is 0 Å². The Morgan fingerprint density at radius 3 is 2.62 bits per heavy atom. The molecule has 4 rings (SSSR count). The first-order valence-electron chi connectivity index (χ1n) is 7.92. The molecule has 0 amide bonds. The lowest BCUT2D eigenvalue weighted by Crippen LogP contribution is -2.34. The first kappa shape index (κ1) is 13.2. The van der Waals surface area contributed by atoms with Gasteiger partial charge in [-0.15, -0.1) is 0 Å². The van der Waals surface area contributed by atoms with Crippen molar-refractivity contribution in [2.75, 3.05) is 5.32 Å². The van der Waals surface area contributed by atoms with Gasteiger partial charge in [-0.25, -0.2) is 0 Å². The average molecular weight is 298 g/mol. The van der Waals surface area contributed by atoms with E-state index in [1.54, 1.807) is 11.1 Å². The van der Waals surface area contributed by atoms with Crippen LogP contribution >= 0.6 is 11.6 Å². The molecule has 0 atom stereocenters. The summed E-state index contributed by atoms with van der Waals surface area (Å²) in [6.45, 7) is 0. The summed E-state index contributed by atoms with van der Waals surface area (Å²) >= 11 is 6.28. The molecule has 0 unspecified atom stereocenters. The van der Waals surface area contributed by atoms with Gasteiger partial charge in [0.05, 0.1) is 0 Å². The van der Waals surface area contributed by atoms with Crippen LogP contribution in [0, 0.1) is 0 Å². The van der Waals surface area contributed by atoms with Gasteiger partial charge in [0.15, 0.2) is 0 Å². The van der Waals surface area contributed by atoms with E-state index >= 15 is 0 Å². The molecule has 2 aromatic carbocycles. The Kier molecular flexibility index (Phi) is 3.39. The third-order valence-electron chi connectivity index (χ3n) is 4.95. The molecular formula is C19H20ClN. The maximum Gasteiger partial charge on any atom is 0.0440 e. The van der Waals surface area contributed by atoms with Crippen molar-refractivity contribution >= 4 is 17.3 Å². The molecule has 0 radical (unpaired) electrons. The standard InChI is InChI=1S/C19H20ClN/c20-19-7-2-1-6-18(19)15-11-17(12-15)21-16-9-8-13-4-3-5-14(13)10-16/h1-2,6-10,15,17,21H,3-5,11-12H2. The average Bonchev–Trinajstić information content (AvgIpc) is 2.91. The van der Waals surface area contributed by atoms with Crippen LogP contribution < -0.4 is 5.32 Å². The fourth-order valence-electron chi connectivity index (χ4n) is 3.69. The molecule has 0 aliphatic heterocycles. The zero-order valence-electron chi connectivity index (χ0n) is 12.1. The zero-order chi connectivity index (χ0) is 14.2. The number of halogens is 1. The molecule has 2 aliphatic rings. The molecule has 2 aliphatic carbocycles. The highest BCUT2D eigenvalue weighted by molar-refractivity contribution is 6.31. The molecule has 108 valence electrons. The maximum atomic E-state index is 6.28. The summed E-state index contributed by atoms with van der Waals surface area (Å²) in [5.41, 5.74) is 5.69. The number of hydrogen-bond donors (Lipinski definition) is 1. The molecule has 1 nitrogen and oxygen atoms in total. The summed E-state index contributed by atoms with van der Waals surface area (Å²) in [5, 5.41) is 4.60. The summed E-state index contributed by atoms with van der Waals surface area (Å²) in [7, 11) is 0. The van der Waals surface area contributed by atoms with Crippen molar-refractivity contribution in [2.45, 2.75) is 44.1 Å². The van der Waals surface area contributed by atoms with Crippen LogP contribution in [0.5, 0.6) is 0 Å². The number of fused-ring (bicyclic) bond motifs is 1. The summed E-state index contributed by atoms with van der Waals surface area (Å²) in [5.74, 6) is 0.616. The molecule has 0 bridgehead atoms. The van der Waals surface area contributed by atoms with Crippen LogP contribution in [0.1, 0.15) is 41.9 Å². The van der Waals surface area contributed by atoms with E-state index < -0.39 is 0 Å². The fourth-order valence-corrected chi connectivity index (χ4v) is 3.98. The van der Waals surface area contributed by atoms with Gasteiger partial charge < -0.3 is 5.32 Å². The highest BCUT2D eigenvalue weighted by atomic mass is 35.5. The monoisotopic (exact) mass is 297 g/mol. The largest absolute Gasteiger partial charge is 0.382 e. The quantitative estimate of drug-likeness (QED) is 0.822. The van der Waals surface area contributed by atoms with E-state index in [-0.39, 0.29) is 0 Å². The minimum Gasteiger partial charge on any atom is -0.382 e. The van der Waals surface area contributed by atoms with E-state index in [1.165, 1.54) is 43.4 Å². The molecule has 1 fully saturated rings. The van der Waals surface area contributed by atoms with Gasteiger partial charge in [0.2, 0.25) is 0 Å². The topological polar surface area (TPSA) is 12.0 Å². The van der Waals surface area contributed by atoms with Crippen molar-refractivity contribution in [3.8, 4) is 0 Å². The number of anilines is 1. The van der Waals surface area contributed by atoms with E-state index in [0.29, 0.717) is 12.0 Å². The molecule has 21 heavy (non-hydrogen) atoms. The number of benzene rings is 2. The molecule has 0 saturated heterocycles. The van der Waals surface area contributed by atoms with Crippen molar-refractivity contribution in [3.05, 3.63) is 64.2 Å². The van der Waals surface area contributed by atoms with Crippen LogP contribution in [0.25, 0.3) is 0 Å². The highest BCUT2D eigenvalue weighted by Gasteiger charge is 2.31. The van der Waals surface area contributed by atoms with Gasteiger partial charge in [0.1, 0.15) is 0 Å². The van der Waals surface area contributed by atoms with E-state index in [1.807, 2.05) is 12.1 Å². The van der Waals surface area contributed by atoms with Gasteiger partial charge in [0, 0.05) is 16.8 Å². The molecule has 2 aromatic rings. The summed E-state index contributed by atoms with van der Waals surface area (Å²) in [4.78, 5) is 0. The predicted molar refractivity (Wildman–Crippen MR) is 89.3 cm³/mol. The Bertz CT molecular complexity index is 658. The van der Waals surface area contributed by atoms with Crippen molar-refractivity contribution in [1.29, 1.82) is 0 Å². The number of hydrogen-bond acceptors (Lipinski definition) is 1. The lowest BCUT2D eigenvalue weighted by molar-refractivity contribution is 0.374. The van der Waals surface area contributed by atoms with Crippen molar-refractivity contribution in [1.82, 2.24) is 0 Å². The first-order chi connectivity index (χ1) is 10.3. The predicted octanol–water partition coefficient (Wildman–Crippen LogP) is 5.19. The minimum absolute atomic E-state index is 0.589. The highest BCUT2D eigenvalue weighted by Crippen LogP contribution is 2.41. The summed E-state index contributed by atoms with van der Waals surface area (Å²) < 4.78 is 0. The first-order valence-corrected chi connectivity index (χ1v) is 8.30. The number of rotatable bonds is 3. The van der Waals surface area contributed by atoms with Gasteiger partial charge in [-0.1, -0.05) is 35.9 Å². The Morgan fingerprint density at radius 1 is 0.952 bits per heavy atom. The second-order valence-corrected chi connectivity index (χ2v) is 6.78. The smallest absolute Gasteiger partial charge is 0.0440 e. The van der Waals surface area contributed by atoms with Crippen LogP contribution in [-0.4, -0.2) is 6.04 Å². The molecular weight excluding hydrogens is 278 g/mol. The lowest BCUT2D eigenvalue weighted by Gasteiger charge is -2.37. The van der Waals surface area contributed by atoms with E-state index in [2.05, 4.69) is 35.6 Å². The summed E-state index contributed by atoms with van der Waals surface area (Å²) in [6.07, 6.45) is 6.18. The fraction of sp³-hybridized carbons (Fsp3) is 0.368. The normalized spacial score (nSPS) is 23.5. The van der Waals surface area contributed by atoms with Crippen molar-refractivity contribution in [3.63, 3.8) is 0 Å². The molecule has 1 saturated carbocycles. The molecule has 1 N–H and O–H groups in total. The van der Waals surface area contributed by atoms with Crippen LogP contribution in [0.4, 0.5) is 5.69 Å². The molecule has 0 aromatic heterocycles. The summed E-state index contributed by atoms with van der Waals surface area (Å²) in [6, 6.07) is 15.7. The van der Waals surface area contributed by atoms with E-state index in [0.717, 1.165) is 5.02 Å². The third kappa shape index (κ3) is 2.55. The van der Waals surface area contributed by atoms with Crippen LogP contribution in [-0.2, 0) is 12.8 Å². The molecule has 0 heterocycles. The van der Waals surface area contributed by atoms with Crippen molar-refractivity contribution in [2.24, 2.45) is 0 Å². The SMILES string of the molecule is Clc1ccccc1C1CC(Nc2ccc3c(c2)CCC3)C1. The van der Waals surface area contributed by atoms with Crippen molar-refractivity contribution < 1.29 is 0 Å². The van der Waals surface area contributed by atoms with Gasteiger partial charge in [0.25, 0.3) is 0 Å². The molecule has 2 heteroatoms. The number of aryl methyl sites for hydroxylation is 2. The van der Waals surface area contributed by atoms with Crippen LogP contribution in [0.3, 0.4) is 0 Å². The molecule has 0 spiro atoms. The Morgan fingerprint density at radius 2 is 1.76 bits per heavy atom. The lowest BCUT2D eigenvalue weighted by atomic mass is 9.75. The van der Waals surface area contributed by atoms with Gasteiger partial charge in [-0.3, -0.25) is 0 Å². The van der Waals surface area contributed by atoms with Gasteiger partial charge in [-0.05, 0) is 72.9 Å².